The normalized spacial score (nSPS) is 10.9. The zero-order chi connectivity index (χ0) is 32.1. The van der Waals surface area contributed by atoms with E-state index in [0.717, 1.165) is 38.9 Å². The van der Waals surface area contributed by atoms with E-state index in [-0.39, 0.29) is 0 Å². The lowest BCUT2D eigenvalue weighted by atomic mass is 9.86. The second kappa shape index (κ2) is 13.1. The zero-order valence-electron chi connectivity index (χ0n) is 26.2. The molecule has 226 valence electrons. The quantitative estimate of drug-likeness (QED) is 0.179. The van der Waals surface area contributed by atoms with Crippen LogP contribution in [-0.4, -0.2) is 15.0 Å². The second-order valence-electron chi connectivity index (χ2n) is 11.6. The molecule has 1 heterocycles. The van der Waals surface area contributed by atoms with E-state index in [4.69, 9.17) is 15.0 Å². The molecule has 0 aliphatic rings. The van der Waals surface area contributed by atoms with Gasteiger partial charge in [0.15, 0.2) is 17.5 Å². The molecule has 0 spiro atoms. The van der Waals surface area contributed by atoms with Gasteiger partial charge in [-0.2, -0.15) is 0 Å². The molecule has 0 unspecified atom stereocenters. The van der Waals surface area contributed by atoms with Crippen LogP contribution in [0.5, 0.6) is 0 Å². The third-order valence-electron chi connectivity index (χ3n) is 8.60. The SMILES string of the molecule is c1ccc(-c2nc(-c3ccccc3)nc(-c3ccccc3-c3ccccc3-c3ccccc3-c3ccccc3-c3ccccc3)n2)cc1. The first kappa shape index (κ1) is 29.0. The standard InChI is InChI=1S/C45H31N3/c1-4-18-32(19-5-1)35-24-10-11-25-36(35)37-26-12-13-27-38(37)39-28-14-15-29-40(39)41-30-16-17-31-42(41)45-47-43(33-20-6-2-7-21-33)46-44(48-45)34-22-8-3-9-23-34/h1-31H. The van der Waals surface area contributed by atoms with Crippen LogP contribution in [0.3, 0.4) is 0 Å². The highest BCUT2D eigenvalue weighted by molar-refractivity contribution is 5.97. The maximum atomic E-state index is 5.08. The highest BCUT2D eigenvalue weighted by atomic mass is 15.0. The maximum absolute atomic E-state index is 5.08. The molecule has 8 rings (SSSR count). The first-order valence-electron chi connectivity index (χ1n) is 16.1. The molecule has 0 saturated heterocycles. The number of hydrogen-bond acceptors (Lipinski definition) is 3. The van der Waals surface area contributed by atoms with Gasteiger partial charge in [0, 0.05) is 16.7 Å². The highest BCUT2D eigenvalue weighted by Gasteiger charge is 2.19. The van der Waals surface area contributed by atoms with E-state index in [2.05, 4.69) is 127 Å². The van der Waals surface area contributed by atoms with Crippen LogP contribution in [-0.2, 0) is 0 Å². The van der Waals surface area contributed by atoms with Gasteiger partial charge in [-0.3, -0.25) is 0 Å². The topological polar surface area (TPSA) is 38.7 Å². The van der Waals surface area contributed by atoms with Crippen LogP contribution in [0.2, 0.25) is 0 Å². The van der Waals surface area contributed by atoms with Crippen molar-refractivity contribution in [2.45, 2.75) is 0 Å². The summed E-state index contributed by atoms with van der Waals surface area (Å²) in [5.41, 5.74) is 12.1. The molecular formula is C45H31N3. The molecule has 8 aromatic rings. The molecule has 0 bridgehead atoms. The van der Waals surface area contributed by atoms with Crippen LogP contribution in [0.1, 0.15) is 0 Å². The fraction of sp³-hybridized carbons (Fsp3) is 0. The van der Waals surface area contributed by atoms with E-state index < -0.39 is 0 Å². The number of rotatable bonds is 7. The molecule has 1 aromatic heterocycles. The summed E-state index contributed by atoms with van der Waals surface area (Å²) in [6.07, 6.45) is 0. The molecule has 48 heavy (non-hydrogen) atoms. The Labute approximate surface area is 280 Å². The van der Waals surface area contributed by atoms with Crippen molar-refractivity contribution in [1.82, 2.24) is 15.0 Å². The molecule has 3 nitrogen and oxygen atoms in total. The lowest BCUT2D eigenvalue weighted by Crippen LogP contribution is -2.01. The molecule has 0 N–H and O–H groups in total. The number of hydrogen-bond donors (Lipinski definition) is 0. The van der Waals surface area contributed by atoms with Gasteiger partial charge in [0.1, 0.15) is 0 Å². The number of benzene rings is 7. The largest absolute Gasteiger partial charge is 0.208 e. The number of aromatic nitrogens is 3. The molecule has 0 aliphatic heterocycles. The predicted octanol–water partition coefficient (Wildman–Crippen LogP) is 11.5. The summed E-state index contributed by atoms with van der Waals surface area (Å²) in [7, 11) is 0. The summed E-state index contributed by atoms with van der Waals surface area (Å²) in [6.45, 7) is 0. The minimum Gasteiger partial charge on any atom is -0.208 e. The average Bonchev–Trinajstić information content (AvgIpc) is 3.19. The molecule has 0 amide bonds. The van der Waals surface area contributed by atoms with Crippen LogP contribution < -0.4 is 0 Å². The molecule has 3 heteroatoms. The van der Waals surface area contributed by atoms with Crippen molar-refractivity contribution in [3.63, 3.8) is 0 Å². The Kier molecular flexibility index (Phi) is 7.92. The smallest absolute Gasteiger partial charge is 0.164 e. The lowest BCUT2D eigenvalue weighted by molar-refractivity contribution is 1.07. The summed E-state index contributed by atoms with van der Waals surface area (Å²) >= 11 is 0. The third kappa shape index (κ3) is 5.70. The van der Waals surface area contributed by atoms with Gasteiger partial charge in [-0.25, -0.2) is 15.0 Å². The fourth-order valence-corrected chi connectivity index (χ4v) is 6.34. The van der Waals surface area contributed by atoms with Crippen LogP contribution in [0.4, 0.5) is 0 Å². The fourth-order valence-electron chi connectivity index (χ4n) is 6.34. The van der Waals surface area contributed by atoms with Crippen LogP contribution >= 0.6 is 0 Å². The Morgan fingerprint density at radius 2 is 0.438 bits per heavy atom. The summed E-state index contributed by atoms with van der Waals surface area (Å²) < 4.78 is 0. The Morgan fingerprint density at radius 1 is 0.188 bits per heavy atom. The van der Waals surface area contributed by atoms with Crippen molar-refractivity contribution in [3.05, 3.63) is 188 Å². The molecule has 0 saturated carbocycles. The van der Waals surface area contributed by atoms with Crippen LogP contribution in [0.15, 0.2) is 188 Å². The second-order valence-corrected chi connectivity index (χ2v) is 11.6. The molecule has 0 fully saturated rings. The number of nitrogens with zero attached hydrogens (tertiary/aromatic N) is 3. The molecule has 7 aromatic carbocycles. The van der Waals surface area contributed by atoms with Gasteiger partial charge in [0.2, 0.25) is 0 Å². The summed E-state index contributed by atoms with van der Waals surface area (Å²) in [5.74, 6) is 1.92. The van der Waals surface area contributed by atoms with E-state index in [1.807, 2.05) is 60.7 Å². The van der Waals surface area contributed by atoms with Crippen molar-refractivity contribution in [1.29, 1.82) is 0 Å². The zero-order valence-corrected chi connectivity index (χ0v) is 26.2. The van der Waals surface area contributed by atoms with Gasteiger partial charge in [0.05, 0.1) is 0 Å². The molecule has 0 radical (unpaired) electrons. The molecule has 0 atom stereocenters. The maximum Gasteiger partial charge on any atom is 0.164 e. The van der Waals surface area contributed by atoms with E-state index in [9.17, 15) is 0 Å². The van der Waals surface area contributed by atoms with Crippen molar-refractivity contribution >= 4 is 0 Å². The molecular weight excluding hydrogens is 583 g/mol. The van der Waals surface area contributed by atoms with Crippen LogP contribution in [0, 0.1) is 0 Å². The predicted molar refractivity (Wildman–Crippen MR) is 198 cm³/mol. The molecule has 0 aliphatic carbocycles. The van der Waals surface area contributed by atoms with Gasteiger partial charge in [-0.15, -0.1) is 0 Å². The summed E-state index contributed by atoms with van der Waals surface area (Å²) in [4.78, 5) is 15.1. The Balaban J connectivity index is 1.31. The first-order chi connectivity index (χ1) is 23.8. The van der Waals surface area contributed by atoms with Gasteiger partial charge in [-0.1, -0.05) is 188 Å². The minimum absolute atomic E-state index is 0.635. The van der Waals surface area contributed by atoms with E-state index in [1.165, 1.54) is 22.3 Å². The third-order valence-corrected chi connectivity index (χ3v) is 8.60. The van der Waals surface area contributed by atoms with Gasteiger partial charge < -0.3 is 0 Å². The van der Waals surface area contributed by atoms with Gasteiger partial charge in [-0.05, 0) is 44.5 Å². The monoisotopic (exact) mass is 613 g/mol. The van der Waals surface area contributed by atoms with Crippen LogP contribution in [0.25, 0.3) is 78.7 Å². The summed E-state index contributed by atoms with van der Waals surface area (Å²) in [5, 5.41) is 0. The van der Waals surface area contributed by atoms with Crippen molar-refractivity contribution in [2.75, 3.05) is 0 Å². The van der Waals surface area contributed by atoms with Crippen molar-refractivity contribution < 1.29 is 0 Å². The van der Waals surface area contributed by atoms with Crippen molar-refractivity contribution in [3.8, 4) is 78.7 Å². The minimum atomic E-state index is 0.635. The lowest BCUT2D eigenvalue weighted by Gasteiger charge is -2.18. The highest BCUT2D eigenvalue weighted by Crippen LogP contribution is 2.43. The van der Waals surface area contributed by atoms with E-state index >= 15 is 0 Å². The van der Waals surface area contributed by atoms with E-state index in [1.54, 1.807) is 0 Å². The van der Waals surface area contributed by atoms with Crippen molar-refractivity contribution in [2.24, 2.45) is 0 Å². The Bertz CT molecular complexity index is 2270. The Morgan fingerprint density at radius 3 is 0.833 bits per heavy atom. The summed E-state index contributed by atoms with van der Waals surface area (Å²) in [6, 6.07) is 65.2. The van der Waals surface area contributed by atoms with E-state index in [0.29, 0.717) is 17.5 Å². The average molecular weight is 614 g/mol. The Hall–Kier alpha value is -6.45. The van der Waals surface area contributed by atoms with Gasteiger partial charge in [0.25, 0.3) is 0 Å². The first-order valence-corrected chi connectivity index (χ1v) is 16.1. The van der Waals surface area contributed by atoms with Gasteiger partial charge >= 0.3 is 0 Å².